The van der Waals surface area contributed by atoms with Crippen LogP contribution in [0.25, 0.3) is 0 Å². The first kappa shape index (κ1) is 42.8. The SMILES string of the molecule is CCC(C1CCCCC1)N(C)C(=O)N1C(=O)[C@H](CCCN=C(NC(=O)OCC2CCCCC2)NC(=O)OCC2CCCCC2)C1C(=O)OCC1CCCCC1. The van der Waals surface area contributed by atoms with Crippen molar-refractivity contribution in [2.24, 2.45) is 34.6 Å². The fraction of sp³-hybridized carbons (Fsp3) is 0.857. The highest BCUT2D eigenvalue weighted by Gasteiger charge is 2.56. The molecule has 2 N–H and O–H groups in total. The number of esters is 1. The number of likely N-dealkylation sites (tertiary alicyclic amines) is 1. The molecule has 55 heavy (non-hydrogen) atoms. The number of aliphatic imine (C=N–C) groups is 1. The van der Waals surface area contributed by atoms with E-state index in [4.69, 9.17) is 14.2 Å². The average Bonchev–Trinajstić information content (AvgIpc) is 3.21. The number of alkyl carbamates (subject to hydrolysis) is 2. The Labute approximate surface area is 328 Å². The molecule has 0 aromatic rings. The highest BCUT2D eigenvalue weighted by molar-refractivity contribution is 6.08. The lowest BCUT2D eigenvalue weighted by Crippen LogP contribution is -2.69. The molecule has 0 radical (unpaired) electrons. The number of guanidine groups is 1. The predicted octanol–water partition coefficient (Wildman–Crippen LogP) is 8.10. The third kappa shape index (κ3) is 12.8. The van der Waals surface area contributed by atoms with Gasteiger partial charge >= 0.3 is 24.2 Å². The van der Waals surface area contributed by atoms with Crippen molar-refractivity contribution in [2.75, 3.05) is 33.4 Å². The summed E-state index contributed by atoms with van der Waals surface area (Å²) in [7, 11) is 1.76. The van der Waals surface area contributed by atoms with Gasteiger partial charge in [0.05, 0.1) is 25.7 Å². The predicted molar refractivity (Wildman–Crippen MR) is 209 cm³/mol. The van der Waals surface area contributed by atoms with Crippen molar-refractivity contribution in [2.45, 2.75) is 167 Å². The molecule has 13 nitrogen and oxygen atoms in total. The van der Waals surface area contributed by atoms with E-state index < -0.39 is 36.1 Å². The Morgan fingerprint density at radius 3 is 1.64 bits per heavy atom. The van der Waals surface area contributed by atoms with E-state index in [9.17, 15) is 24.0 Å². The zero-order valence-corrected chi connectivity index (χ0v) is 33.7. The molecule has 5 rings (SSSR count). The first-order valence-electron chi connectivity index (χ1n) is 21.9. The summed E-state index contributed by atoms with van der Waals surface area (Å²) in [5.74, 6) is -0.414. The number of imide groups is 1. The van der Waals surface area contributed by atoms with Crippen molar-refractivity contribution >= 4 is 36.1 Å². The molecule has 3 atom stereocenters. The number of β-lactam (4-membered cyclic amide) rings is 1. The molecule has 4 aliphatic carbocycles. The van der Waals surface area contributed by atoms with E-state index in [1.54, 1.807) is 11.9 Å². The highest BCUT2D eigenvalue weighted by atomic mass is 16.6. The molecular weight excluding hydrogens is 702 g/mol. The van der Waals surface area contributed by atoms with Gasteiger partial charge in [-0.1, -0.05) is 84.0 Å². The van der Waals surface area contributed by atoms with E-state index in [0.29, 0.717) is 49.9 Å². The second kappa shape index (κ2) is 22.4. The van der Waals surface area contributed by atoms with Crippen LogP contribution in [0.1, 0.15) is 155 Å². The molecule has 13 heteroatoms. The molecule has 0 bridgehead atoms. The van der Waals surface area contributed by atoms with Crippen molar-refractivity contribution in [1.82, 2.24) is 20.4 Å². The van der Waals surface area contributed by atoms with E-state index in [-0.39, 0.29) is 30.9 Å². The van der Waals surface area contributed by atoms with Crippen LogP contribution in [0.3, 0.4) is 0 Å². The van der Waals surface area contributed by atoms with Crippen LogP contribution in [-0.4, -0.2) is 91.4 Å². The van der Waals surface area contributed by atoms with Gasteiger partial charge in [0, 0.05) is 19.6 Å². The van der Waals surface area contributed by atoms with Crippen LogP contribution < -0.4 is 10.6 Å². The van der Waals surface area contributed by atoms with Gasteiger partial charge < -0.3 is 19.1 Å². The van der Waals surface area contributed by atoms with Crippen LogP contribution >= 0.6 is 0 Å². The molecule has 0 aromatic heterocycles. The van der Waals surface area contributed by atoms with Gasteiger partial charge in [-0.15, -0.1) is 0 Å². The Kier molecular flexibility index (Phi) is 17.4. The van der Waals surface area contributed by atoms with Crippen molar-refractivity contribution in [3.05, 3.63) is 0 Å². The van der Waals surface area contributed by atoms with Crippen LogP contribution in [0.5, 0.6) is 0 Å². The number of hydrogen-bond acceptors (Lipinski definition) is 9. The first-order chi connectivity index (χ1) is 26.7. The number of amides is 5. The Bertz CT molecular complexity index is 1250. The van der Waals surface area contributed by atoms with E-state index in [1.807, 2.05) is 0 Å². The fourth-order valence-electron chi connectivity index (χ4n) is 9.68. The lowest BCUT2D eigenvalue weighted by atomic mass is 9.81. The van der Waals surface area contributed by atoms with Gasteiger partial charge in [-0.25, -0.2) is 24.1 Å². The molecule has 5 fully saturated rings. The zero-order chi connectivity index (χ0) is 39.0. The first-order valence-corrected chi connectivity index (χ1v) is 21.9. The van der Waals surface area contributed by atoms with Crippen LogP contribution in [0.4, 0.5) is 14.4 Å². The molecule has 0 spiro atoms. The molecule has 310 valence electrons. The third-order valence-corrected chi connectivity index (χ3v) is 13.0. The lowest BCUT2D eigenvalue weighted by molar-refractivity contribution is -0.171. The quantitative estimate of drug-likeness (QED) is 0.0448. The van der Waals surface area contributed by atoms with Gasteiger partial charge in [0.15, 0.2) is 6.04 Å². The van der Waals surface area contributed by atoms with Crippen LogP contribution in [0.15, 0.2) is 4.99 Å². The minimum absolute atomic E-state index is 0.00460. The summed E-state index contributed by atoms with van der Waals surface area (Å²) in [5, 5.41) is 5.16. The van der Waals surface area contributed by atoms with Gasteiger partial charge in [0.2, 0.25) is 11.9 Å². The van der Waals surface area contributed by atoms with E-state index >= 15 is 0 Å². The van der Waals surface area contributed by atoms with E-state index in [0.717, 1.165) is 114 Å². The minimum atomic E-state index is -1.00. The fourth-order valence-corrected chi connectivity index (χ4v) is 9.68. The molecule has 4 saturated carbocycles. The van der Waals surface area contributed by atoms with Crippen LogP contribution in [0.2, 0.25) is 0 Å². The molecule has 5 aliphatic rings. The highest BCUT2D eigenvalue weighted by Crippen LogP contribution is 2.36. The number of carbonyl (C=O) groups is 5. The summed E-state index contributed by atoms with van der Waals surface area (Å²) in [6, 6.07) is -1.44. The van der Waals surface area contributed by atoms with Crippen LogP contribution in [0, 0.1) is 29.6 Å². The van der Waals surface area contributed by atoms with Gasteiger partial charge in [0.1, 0.15) is 0 Å². The number of nitrogens with one attached hydrogen (secondary N) is 2. The molecule has 1 saturated heterocycles. The number of hydrogen-bond donors (Lipinski definition) is 2. The maximum atomic E-state index is 14.0. The number of rotatable bonds is 14. The standard InChI is InChI=1S/C42H69N5O8/c1-3-35(33-23-14-7-15-24-33)46(2)42(52)47-36(38(49)53-27-30-17-8-4-9-18-30)34(37(47)48)25-16-26-43-39(44-40(50)54-28-31-19-10-5-11-20-31)45-41(51)55-29-32-21-12-6-13-22-32/h30-36H,3-29H2,1-2H3,(H2,43,44,45,50,51)/t34-,35?,36?/m1/s1. The number of urea groups is 1. The number of nitrogens with zero attached hydrogens (tertiary/aromatic N) is 3. The number of ether oxygens (including phenoxy) is 3. The number of carbonyl (C=O) groups excluding carboxylic acids is 5. The maximum Gasteiger partial charge on any atom is 0.413 e. The van der Waals surface area contributed by atoms with Gasteiger partial charge in [-0.2, -0.15) is 0 Å². The second-order valence-corrected chi connectivity index (χ2v) is 17.0. The molecule has 1 heterocycles. The van der Waals surface area contributed by atoms with E-state index in [2.05, 4.69) is 22.5 Å². The average molecular weight is 772 g/mol. The topological polar surface area (TPSA) is 156 Å². The van der Waals surface area contributed by atoms with Crippen molar-refractivity contribution < 1.29 is 38.2 Å². The van der Waals surface area contributed by atoms with E-state index in [1.165, 1.54) is 25.7 Å². The normalized spacial score (nSPS) is 23.5. The summed E-state index contributed by atoms with van der Waals surface area (Å²) in [5.41, 5.74) is 0. The van der Waals surface area contributed by atoms with Crippen LogP contribution in [-0.2, 0) is 23.8 Å². The Morgan fingerprint density at radius 1 is 0.709 bits per heavy atom. The smallest absolute Gasteiger partial charge is 0.413 e. The third-order valence-electron chi connectivity index (χ3n) is 13.0. The largest absolute Gasteiger partial charge is 0.464 e. The molecule has 0 aromatic carbocycles. The molecule has 1 aliphatic heterocycles. The summed E-state index contributed by atoms with van der Waals surface area (Å²) in [6.45, 7) is 3.12. The van der Waals surface area contributed by atoms with Crippen molar-refractivity contribution in [3.63, 3.8) is 0 Å². The van der Waals surface area contributed by atoms with Gasteiger partial charge in [0.25, 0.3) is 0 Å². The minimum Gasteiger partial charge on any atom is -0.464 e. The monoisotopic (exact) mass is 772 g/mol. The lowest BCUT2D eigenvalue weighted by Gasteiger charge is -2.47. The second-order valence-electron chi connectivity index (χ2n) is 17.0. The summed E-state index contributed by atoms with van der Waals surface area (Å²) < 4.78 is 16.8. The molecular formula is C42H69N5O8. The zero-order valence-electron chi connectivity index (χ0n) is 33.7. The van der Waals surface area contributed by atoms with Gasteiger partial charge in [-0.05, 0) is 94.3 Å². The Morgan fingerprint density at radius 2 is 1.16 bits per heavy atom. The summed E-state index contributed by atoms with van der Waals surface area (Å²) in [6.07, 6.45) is 22.1. The summed E-state index contributed by atoms with van der Waals surface area (Å²) >= 11 is 0. The Hall–Kier alpha value is -3.38. The Balaban J connectivity index is 1.20. The van der Waals surface area contributed by atoms with Gasteiger partial charge in [-0.3, -0.25) is 20.4 Å². The van der Waals surface area contributed by atoms with Crippen molar-refractivity contribution in [1.29, 1.82) is 0 Å². The molecule has 2 unspecified atom stereocenters. The molecule has 5 amide bonds. The van der Waals surface area contributed by atoms with Crippen molar-refractivity contribution in [3.8, 4) is 0 Å². The maximum absolute atomic E-state index is 14.0. The summed E-state index contributed by atoms with van der Waals surface area (Å²) in [4.78, 5) is 74.3.